The number of rotatable bonds is 3. The summed E-state index contributed by atoms with van der Waals surface area (Å²) in [7, 11) is 0. The summed E-state index contributed by atoms with van der Waals surface area (Å²) in [6.07, 6.45) is -1.07. The van der Waals surface area contributed by atoms with Gasteiger partial charge < -0.3 is 19.7 Å². The van der Waals surface area contributed by atoms with E-state index in [1.165, 1.54) is 0 Å². The summed E-state index contributed by atoms with van der Waals surface area (Å²) in [5, 5.41) is 19.0. The first-order valence-electron chi connectivity index (χ1n) is 5.17. The lowest BCUT2D eigenvalue weighted by atomic mass is 9.86. The van der Waals surface area contributed by atoms with Crippen molar-refractivity contribution in [2.75, 3.05) is 13.2 Å². The van der Waals surface area contributed by atoms with Gasteiger partial charge in [0.05, 0.1) is 24.7 Å². The van der Waals surface area contributed by atoms with Crippen LogP contribution in [-0.4, -0.2) is 41.9 Å². The summed E-state index contributed by atoms with van der Waals surface area (Å²) in [4.78, 5) is 0. The molecule has 1 aliphatic heterocycles. The molecule has 0 aliphatic carbocycles. The van der Waals surface area contributed by atoms with Crippen molar-refractivity contribution < 1.29 is 19.7 Å². The van der Waals surface area contributed by atoms with Crippen molar-refractivity contribution in [3.63, 3.8) is 0 Å². The zero-order chi connectivity index (χ0) is 10.7. The predicted molar refractivity (Wildman–Crippen MR) is 51.7 cm³/mol. The molecule has 0 aromatic heterocycles. The monoisotopic (exact) mass is 204 g/mol. The molecule has 5 atom stereocenters. The van der Waals surface area contributed by atoms with E-state index >= 15 is 0 Å². The highest BCUT2D eigenvalue weighted by Crippen LogP contribution is 2.30. The first-order valence-corrected chi connectivity index (χ1v) is 5.17. The zero-order valence-corrected chi connectivity index (χ0v) is 9.01. The fraction of sp³-hybridized carbons (Fsp3) is 1.00. The molecule has 14 heavy (non-hydrogen) atoms. The van der Waals surface area contributed by atoms with Gasteiger partial charge in [0.15, 0.2) is 6.29 Å². The molecule has 0 aromatic carbocycles. The van der Waals surface area contributed by atoms with Crippen LogP contribution in [0.1, 0.15) is 20.8 Å². The van der Waals surface area contributed by atoms with Crippen LogP contribution in [-0.2, 0) is 9.47 Å². The Bertz CT molecular complexity index is 174. The minimum absolute atomic E-state index is 0.0313. The first-order chi connectivity index (χ1) is 6.61. The van der Waals surface area contributed by atoms with Crippen LogP contribution < -0.4 is 0 Å². The molecule has 0 radical (unpaired) electrons. The van der Waals surface area contributed by atoms with E-state index in [0.29, 0.717) is 6.61 Å². The van der Waals surface area contributed by atoms with Crippen LogP contribution in [0.3, 0.4) is 0 Å². The SMILES string of the molecule is CCOC1OC(C)C(C)C(O)C1CO. The van der Waals surface area contributed by atoms with Crippen LogP contribution in [0.5, 0.6) is 0 Å². The molecular formula is C10H20O4. The van der Waals surface area contributed by atoms with Crippen molar-refractivity contribution in [3.8, 4) is 0 Å². The van der Waals surface area contributed by atoms with E-state index in [1.807, 2.05) is 20.8 Å². The van der Waals surface area contributed by atoms with Crippen molar-refractivity contribution in [1.82, 2.24) is 0 Å². The van der Waals surface area contributed by atoms with Crippen LogP contribution in [0, 0.1) is 11.8 Å². The Morgan fingerprint density at radius 1 is 1.36 bits per heavy atom. The Labute approximate surface area is 84.8 Å². The Balaban J connectivity index is 2.66. The van der Waals surface area contributed by atoms with E-state index in [9.17, 15) is 5.11 Å². The molecule has 5 unspecified atom stereocenters. The quantitative estimate of drug-likeness (QED) is 0.697. The van der Waals surface area contributed by atoms with Gasteiger partial charge in [-0.25, -0.2) is 0 Å². The van der Waals surface area contributed by atoms with Gasteiger partial charge >= 0.3 is 0 Å². The molecule has 0 aromatic rings. The molecule has 4 nitrogen and oxygen atoms in total. The third-order valence-corrected chi connectivity index (χ3v) is 2.96. The largest absolute Gasteiger partial charge is 0.396 e. The summed E-state index contributed by atoms with van der Waals surface area (Å²) in [6.45, 7) is 6.11. The van der Waals surface area contributed by atoms with E-state index < -0.39 is 12.4 Å². The molecule has 1 saturated heterocycles. The normalized spacial score (nSPS) is 43.9. The molecule has 1 rings (SSSR count). The van der Waals surface area contributed by atoms with Gasteiger partial charge in [-0.15, -0.1) is 0 Å². The second-order valence-electron chi connectivity index (χ2n) is 3.86. The highest BCUT2D eigenvalue weighted by molar-refractivity contribution is 4.84. The van der Waals surface area contributed by atoms with Gasteiger partial charge in [-0.2, -0.15) is 0 Å². The maximum Gasteiger partial charge on any atom is 0.165 e. The van der Waals surface area contributed by atoms with Crippen molar-refractivity contribution in [2.45, 2.75) is 39.3 Å². The maximum absolute atomic E-state index is 9.88. The number of hydrogen-bond donors (Lipinski definition) is 2. The lowest BCUT2D eigenvalue weighted by Crippen LogP contribution is -2.51. The van der Waals surface area contributed by atoms with E-state index in [0.717, 1.165) is 0 Å². The van der Waals surface area contributed by atoms with Gasteiger partial charge in [-0.05, 0) is 13.8 Å². The maximum atomic E-state index is 9.88. The van der Waals surface area contributed by atoms with Gasteiger partial charge in [0.1, 0.15) is 0 Å². The molecule has 1 aliphatic rings. The predicted octanol–water partition coefficient (Wildman–Crippen LogP) is 0.373. The topological polar surface area (TPSA) is 58.9 Å². The minimum atomic E-state index is -0.555. The molecule has 0 saturated carbocycles. The summed E-state index contributed by atoms with van der Waals surface area (Å²) in [5.74, 6) is -0.301. The van der Waals surface area contributed by atoms with Gasteiger partial charge in [-0.1, -0.05) is 6.92 Å². The van der Waals surface area contributed by atoms with Gasteiger partial charge in [0.25, 0.3) is 0 Å². The Kier molecular flexibility index (Phi) is 4.31. The zero-order valence-electron chi connectivity index (χ0n) is 9.01. The summed E-state index contributed by atoms with van der Waals surface area (Å²) < 4.78 is 10.9. The van der Waals surface area contributed by atoms with Crippen molar-refractivity contribution in [1.29, 1.82) is 0 Å². The summed E-state index contributed by atoms with van der Waals surface area (Å²) >= 11 is 0. The number of hydrogen-bond acceptors (Lipinski definition) is 4. The van der Waals surface area contributed by atoms with Crippen LogP contribution in [0.2, 0.25) is 0 Å². The average molecular weight is 204 g/mol. The smallest absolute Gasteiger partial charge is 0.165 e. The number of ether oxygens (including phenoxy) is 2. The molecule has 0 bridgehead atoms. The van der Waals surface area contributed by atoms with Crippen molar-refractivity contribution >= 4 is 0 Å². The summed E-state index contributed by atoms with van der Waals surface area (Å²) in [5.41, 5.74) is 0. The fourth-order valence-electron chi connectivity index (χ4n) is 1.79. The van der Waals surface area contributed by atoms with E-state index in [4.69, 9.17) is 14.6 Å². The second kappa shape index (κ2) is 5.07. The number of aliphatic hydroxyl groups is 2. The number of aliphatic hydroxyl groups excluding tert-OH is 2. The third kappa shape index (κ3) is 2.25. The minimum Gasteiger partial charge on any atom is -0.396 e. The Morgan fingerprint density at radius 2 is 2.00 bits per heavy atom. The molecular weight excluding hydrogens is 184 g/mol. The Morgan fingerprint density at radius 3 is 2.50 bits per heavy atom. The highest BCUT2D eigenvalue weighted by Gasteiger charge is 2.41. The molecule has 2 N–H and O–H groups in total. The second-order valence-corrected chi connectivity index (χ2v) is 3.86. The summed E-state index contributed by atoms with van der Waals surface area (Å²) in [6, 6.07) is 0. The highest BCUT2D eigenvalue weighted by atomic mass is 16.7. The van der Waals surface area contributed by atoms with Crippen molar-refractivity contribution in [3.05, 3.63) is 0 Å². The van der Waals surface area contributed by atoms with Crippen LogP contribution in [0.25, 0.3) is 0 Å². The third-order valence-electron chi connectivity index (χ3n) is 2.96. The van der Waals surface area contributed by atoms with Gasteiger partial charge in [-0.3, -0.25) is 0 Å². The van der Waals surface area contributed by atoms with Gasteiger partial charge in [0, 0.05) is 12.5 Å². The molecule has 84 valence electrons. The lowest BCUT2D eigenvalue weighted by Gasteiger charge is -2.41. The van der Waals surface area contributed by atoms with E-state index in [2.05, 4.69) is 0 Å². The average Bonchev–Trinajstić information content (AvgIpc) is 2.16. The fourth-order valence-corrected chi connectivity index (χ4v) is 1.79. The molecule has 0 spiro atoms. The Hall–Kier alpha value is -0.160. The van der Waals surface area contributed by atoms with Crippen molar-refractivity contribution in [2.24, 2.45) is 11.8 Å². The van der Waals surface area contributed by atoms with Gasteiger partial charge in [0.2, 0.25) is 0 Å². The molecule has 0 amide bonds. The molecule has 1 fully saturated rings. The molecule has 1 heterocycles. The van der Waals surface area contributed by atoms with Crippen LogP contribution >= 0.6 is 0 Å². The van der Waals surface area contributed by atoms with E-state index in [1.54, 1.807) is 0 Å². The van der Waals surface area contributed by atoms with Crippen LogP contribution in [0.4, 0.5) is 0 Å². The lowest BCUT2D eigenvalue weighted by molar-refractivity contribution is -0.265. The standard InChI is InChI=1S/C10H20O4/c1-4-13-10-8(5-11)9(12)6(2)7(3)14-10/h6-12H,4-5H2,1-3H3. The first kappa shape index (κ1) is 11.9. The van der Waals surface area contributed by atoms with E-state index in [-0.39, 0.29) is 24.5 Å². The van der Waals surface area contributed by atoms with Crippen LogP contribution in [0.15, 0.2) is 0 Å². The molecule has 4 heteroatoms.